The molecule has 7 rings (SSSR count). The van der Waals surface area contributed by atoms with Gasteiger partial charge in [-0.2, -0.15) is 5.10 Å². The standard InChI is InChI=1S/C38H39FN8O3/c1-45(2)29-9-5-26(6-10-29)35-31-22-28(8-12-33(31)43-44-35)42-37(49)38(50-3)15-20-46(24-38)23-34(48)47-18-13-25(14-19-47)30-11-7-27(21-32(30)39)36-40-16-4-17-41-36/h4-13,16-17,21-22H,14-15,18-20,23-24H2,1-3H3,(H,42,49)(H,43,44)/t38-/m0/s1. The van der Waals surface area contributed by atoms with Crippen LogP contribution in [0.1, 0.15) is 18.4 Å². The molecule has 2 amide bonds. The fourth-order valence-electron chi connectivity index (χ4n) is 6.71. The third-order valence-electron chi connectivity index (χ3n) is 9.65. The molecule has 3 aromatic carbocycles. The second-order valence-corrected chi connectivity index (χ2v) is 13.0. The Hall–Kier alpha value is -5.46. The number of methoxy groups -OCH3 is 1. The van der Waals surface area contributed by atoms with Gasteiger partial charge in [0.05, 0.1) is 17.8 Å². The van der Waals surface area contributed by atoms with E-state index in [4.69, 9.17) is 4.74 Å². The molecular weight excluding hydrogens is 635 g/mol. The van der Waals surface area contributed by atoms with Crippen LogP contribution in [0.25, 0.3) is 39.1 Å². The molecule has 0 saturated carbocycles. The molecule has 1 fully saturated rings. The fourth-order valence-corrected chi connectivity index (χ4v) is 6.71. The van der Waals surface area contributed by atoms with Crippen LogP contribution in [0.2, 0.25) is 0 Å². The number of halogens is 1. The Morgan fingerprint density at radius 2 is 1.80 bits per heavy atom. The number of nitrogens with zero attached hydrogens (tertiary/aromatic N) is 6. The van der Waals surface area contributed by atoms with Gasteiger partial charge in [-0.25, -0.2) is 14.4 Å². The van der Waals surface area contributed by atoms with Crippen LogP contribution in [0.3, 0.4) is 0 Å². The smallest absolute Gasteiger partial charge is 0.258 e. The first kappa shape index (κ1) is 33.1. The zero-order valence-corrected chi connectivity index (χ0v) is 28.3. The van der Waals surface area contributed by atoms with Gasteiger partial charge in [0, 0.05) is 93.2 Å². The van der Waals surface area contributed by atoms with Gasteiger partial charge < -0.3 is 19.9 Å². The number of likely N-dealkylation sites (tertiary alicyclic amines) is 1. The number of fused-ring (bicyclic) bond motifs is 1. The minimum absolute atomic E-state index is 0.0405. The topological polar surface area (TPSA) is 120 Å². The van der Waals surface area contributed by atoms with E-state index >= 15 is 4.39 Å². The van der Waals surface area contributed by atoms with Crippen LogP contribution >= 0.6 is 0 Å². The molecule has 0 unspecified atom stereocenters. The average molecular weight is 675 g/mol. The van der Waals surface area contributed by atoms with Gasteiger partial charge in [-0.1, -0.05) is 30.3 Å². The summed E-state index contributed by atoms with van der Waals surface area (Å²) in [6, 6.07) is 20.5. The third kappa shape index (κ3) is 6.59. The third-order valence-corrected chi connectivity index (χ3v) is 9.65. The monoisotopic (exact) mass is 674 g/mol. The SMILES string of the molecule is CO[C@@]1(C(=O)Nc2ccc3[nH]nc(-c4ccc(N(C)C)cc4)c3c2)CCN(CC(=O)N2CC=C(c3ccc(-c4ncccn4)cc3F)CC2)C1. The Kier molecular flexibility index (Phi) is 9.13. The number of ether oxygens (including phenoxy) is 1. The van der Waals surface area contributed by atoms with E-state index in [1.54, 1.807) is 29.4 Å². The highest BCUT2D eigenvalue weighted by Crippen LogP contribution is 2.32. The molecule has 12 heteroatoms. The zero-order chi connectivity index (χ0) is 34.8. The first-order chi connectivity index (χ1) is 24.2. The Bertz CT molecular complexity index is 2060. The van der Waals surface area contributed by atoms with Crippen molar-refractivity contribution >= 4 is 39.7 Å². The van der Waals surface area contributed by atoms with Crippen LogP contribution in [0.5, 0.6) is 0 Å². The molecule has 2 aliphatic heterocycles. The maximum atomic E-state index is 15.1. The molecule has 0 spiro atoms. The van der Waals surface area contributed by atoms with Gasteiger partial charge in [-0.3, -0.25) is 19.6 Å². The minimum Gasteiger partial charge on any atom is -0.378 e. The molecule has 50 heavy (non-hydrogen) atoms. The minimum atomic E-state index is -1.10. The van der Waals surface area contributed by atoms with Crippen molar-refractivity contribution in [1.82, 2.24) is 30.0 Å². The molecule has 5 aromatic rings. The fraction of sp³-hybridized carbons (Fsp3) is 0.289. The summed E-state index contributed by atoms with van der Waals surface area (Å²) >= 11 is 0. The van der Waals surface area contributed by atoms with E-state index in [1.165, 1.54) is 13.2 Å². The molecule has 2 aliphatic rings. The first-order valence-corrected chi connectivity index (χ1v) is 16.6. The number of rotatable bonds is 9. The number of H-pyrrole nitrogens is 1. The van der Waals surface area contributed by atoms with E-state index in [9.17, 15) is 9.59 Å². The number of aromatic amines is 1. The molecular formula is C38H39FN8O3. The van der Waals surface area contributed by atoms with E-state index in [0.717, 1.165) is 33.4 Å². The van der Waals surface area contributed by atoms with E-state index in [0.29, 0.717) is 55.1 Å². The largest absolute Gasteiger partial charge is 0.378 e. The van der Waals surface area contributed by atoms with Crippen molar-refractivity contribution in [3.05, 3.63) is 96.6 Å². The summed E-state index contributed by atoms with van der Waals surface area (Å²) in [5.74, 6) is -0.169. The lowest BCUT2D eigenvalue weighted by molar-refractivity contribution is -0.138. The number of aromatic nitrogens is 4. The molecule has 2 N–H and O–H groups in total. The predicted octanol–water partition coefficient (Wildman–Crippen LogP) is 5.24. The van der Waals surface area contributed by atoms with Crippen molar-refractivity contribution < 1.29 is 18.7 Å². The summed E-state index contributed by atoms with van der Waals surface area (Å²) in [6.45, 7) is 1.86. The van der Waals surface area contributed by atoms with Crippen molar-refractivity contribution in [3.63, 3.8) is 0 Å². The van der Waals surface area contributed by atoms with Crippen molar-refractivity contribution in [2.24, 2.45) is 0 Å². The number of hydrogen-bond acceptors (Lipinski definition) is 8. The Morgan fingerprint density at radius 1 is 1.02 bits per heavy atom. The summed E-state index contributed by atoms with van der Waals surface area (Å²) in [6.07, 6.45) is 6.16. The normalized spacial score (nSPS) is 17.9. The Morgan fingerprint density at radius 3 is 2.50 bits per heavy atom. The van der Waals surface area contributed by atoms with E-state index in [1.807, 2.05) is 78.5 Å². The van der Waals surface area contributed by atoms with Crippen molar-refractivity contribution in [2.45, 2.75) is 18.4 Å². The molecule has 0 aliphatic carbocycles. The highest BCUT2D eigenvalue weighted by Gasteiger charge is 2.45. The van der Waals surface area contributed by atoms with Crippen LogP contribution in [-0.4, -0.2) is 101 Å². The molecule has 11 nitrogen and oxygen atoms in total. The summed E-state index contributed by atoms with van der Waals surface area (Å²) in [4.78, 5) is 41.2. The maximum absolute atomic E-state index is 15.1. The molecule has 1 saturated heterocycles. The lowest BCUT2D eigenvalue weighted by Gasteiger charge is -2.30. The average Bonchev–Trinajstić information content (AvgIpc) is 3.77. The van der Waals surface area contributed by atoms with Crippen LogP contribution in [0.4, 0.5) is 15.8 Å². The molecule has 256 valence electrons. The summed E-state index contributed by atoms with van der Waals surface area (Å²) in [7, 11) is 5.53. The van der Waals surface area contributed by atoms with Gasteiger partial charge in [0.25, 0.3) is 5.91 Å². The zero-order valence-electron chi connectivity index (χ0n) is 28.3. The Balaban J connectivity index is 0.969. The van der Waals surface area contributed by atoms with Crippen molar-refractivity contribution in [2.75, 3.05) is 64.1 Å². The quantitative estimate of drug-likeness (QED) is 0.218. The number of hydrogen-bond donors (Lipinski definition) is 2. The Labute approximate surface area is 289 Å². The summed E-state index contributed by atoms with van der Waals surface area (Å²) in [5.41, 5.74) is 5.26. The number of nitrogens with one attached hydrogen (secondary N) is 2. The second-order valence-electron chi connectivity index (χ2n) is 13.0. The molecule has 0 radical (unpaired) electrons. The summed E-state index contributed by atoms with van der Waals surface area (Å²) in [5, 5.41) is 11.6. The van der Waals surface area contributed by atoms with Crippen molar-refractivity contribution in [3.8, 4) is 22.6 Å². The van der Waals surface area contributed by atoms with Crippen LogP contribution in [0.15, 0.2) is 85.2 Å². The predicted molar refractivity (Wildman–Crippen MR) is 192 cm³/mol. The maximum Gasteiger partial charge on any atom is 0.258 e. The first-order valence-electron chi connectivity index (χ1n) is 16.6. The van der Waals surface area contributed by atoms with Crippen LogP contribution in [0, 0.1) is 5.82 Å². The van der Waals surface area contributed by atoms with E-state index in [2.05, 4.69) is 25.5 Å². The molecule has 4 heterocycles. The van der Waals surface area contributed by atoms with E-state index < -0.39 is 5.60 Å². The van der Waals surface area contributed by atoms with Crippen LogP contribution in [-0.2, 0) is 14.3 Å². The number of carbonyl (C=O) groups excluding carboxylic acids is 2. The second kappa shape index (κ2) is 13.8. The van der Waals surface area contributed by atoms with Gasteiger partial charge in [-0.05, 0) is 60.9 Å². The number of anilines is 2. The number of carbonyl (C=O) groups is 2. The van der Waals surface area contributed by atoms with Crippen LogP contribution < -0.4 is 10.2 Å². The molecule has 2 aromatic heterocycles. The number of benzene rings is 3. The molecule has 0 bridgehead atoms. The van der Waals surface area contributed by atoms with Gasteiger partial charge in [-0.15, -0.1) is 0 Å². The van der Waals surface area contributed by atoms with Gasteiger partial charge in [0.2, 0.25) is 5.91 Å². The number of amides is 2. The highest BCUT2D eigenvalue weighted by atomic mass is 19.1. The van der Waals surface area contributed by atoms with Gasteiger partial charge in [0.1, 0.15) is 5.82 Å². The lowest BCUT2D eigenvalue weighted by Crippen LogP contribution is -2.48. The van der Waals surface area contributed by atoms with Crippen molar-refractivity contribution in [1.29, 1.82) is 0 Å². The van der Waals surface area contributed by atoms with E-state index in [-0.39, 0.29) is 30.7 Å². The van der Waals surface area contributed by atoms with Gasteiger partial charge >= 0.3 is 0 Å². The van der Waals surface area contributed by atoms with Gasteiger partial charge in [0.15, 0.2) is 11.4 Å². The summed E-state index contributed by atoms with van der Waals surface area (Å²) < 4.78 is 20.9. The highest BCUT2D eigenvalue weighted by molar-refractivity contribution is 6.01. The lowest BCUT2D eigenvalue weighted by atomic mass is 9.97. The molecule has 1 atom stereocenters.